The van der Waals surface area contributed by atoms with Gasteiger partial charge < -0.3 is 20.3 Å². The van der Waals surface area contributed by atoms with E-state index in [9.17, 15) is 9.59 Å². The molecular weight excluding hydrogens is 430 g/mol. The number of hydrogen-bond donors (Lipinski definition) is 1. The van der Waals surface area contributed by atoms with Crippen LogP contribution in [0, 0.1) is 0 Å². The van der Waals surface area contributed by atoms with Gasteiger partial charge in [-0.3, -0.25) is 9.59 Å². The van der Waals surface area contributed by atoms with E-state index in [2.05, 4.69) is 9.97 Å². The standard InChI is InChI=1S/C23H22ClN5O3/c1-14(30)28(2)12-15-3-8-18(19(24)11-15)16-4-6-17(7-5-16)29-9-10-32-22-20(23(29)31)21(25)26-13-27-22/h3-8,11,13H,9-10,12H2,1-2H3,(H2,25,26,27). The number of carbonyl (C=O) groups excluding carboxylic acids is 2. The molecule has 8 nitrogen and oxygen atoms in total. The van der Waals surface area contributed by atoms with Gasteiger partial charge in [0.1, 0.15) is 24.3 Å². The molecule has 32 heavy (non-hydrogen) atoms. The molecule has 1 aromatic heterocycles. The van der Waals surface area contributed by atoms with Crippen LogP contribution in [-0.2, 0) is 11.3 Å². The normalized spacial score (nSPS) is 13.2. The van der Waals surface area contributed by atoms with Crippen LogP contribution in [0.1, 0.15) is 22.8 Å². The van der Waals surface area contributed by atoms with Crippen LogP contribution in [0.4, 0.5) is 11.5 Å². The van der Waals surface area contributed by atoms with E-state index < -0.39 is 0 Å². The highest BCUT2D eigenvalue weighted by Gasteiger charge is 2.28. The summed E-state index contributed by atoms with van der Waals surface area (Å²) in [6.07, 6.45) is 1.28. The van der Waals surface area contributed by atoms with Crippen molar-refractivity contribution in [3.8, 4) is 17.0 Å². The molecule has 9 heteroatoms. The number of rotatable bonds is 4. The molecule has 1 aliphatic rings. The number of nitrogen functional groups attached to an aromatic ring is 1. The first-order valence-electron chi connectivity index (χ1n) is 10.0. The third-order valence-electron chi connectivity index (χ3n) is 5.34. The third kappa shape index (κ3) is 4.22. The van der Waals surface area contributed by atoms with Gasteiger partial charge in [0.15, 0.2) is 0 Å². The van der Waals surface area contributed by atoms with E-state index >= 15 is 0 Å². The Balaban J connectivity index is 1.58. The van der Waals surface area contributed by atoms with Crippen LogP contribution in [-0.4, -0.2) is 46.9 Å². The second kappa shape index (κ2) is 8.84. The van der Waals surface area contributed by atoms with Crippen molar-refractivity contribution in [3.63, 3.8) is 0 Å². The van der Waals surface area contributed by atoms with Crippen LogP contribution in [0.2, 0.25) is 5.02 Å². The summed E-state index contributed by atoms with van der Waals surface area (Å²) < 4.78 is 5.58. The van der Waals surface area contributed by atoms with Gasteiger partial charge >= 0.3 is 0 Å². The minimum absolute atomic E-state index is 0.00908. The van der Waals surface area contributed by atoms with Crippen LogP contribution in [0.3, 0.4) is 0 Å². The SMILES string of the molecule is CC(=O)N(C)Cc1ccc(-c2ccc(N3CCOc4ncnc(N)c4C3=O)cc2)c(Cl)c1. The summed E-state index contributed by atoms with van der Waals surface area (Å²) in [4.78, 5) is 35.7. The fraction of sp³-hybridized carbons (Fsp3) is 0.217. The maximum Gasteiger partial charge on any atom is 0.267 e. The van der Waals surface area contributed by atoms with Gasteiger partial charge in [-0.1, -0.05) is 35.9 Å². The molecule has 1 aliphatic heterocycles. The van der Waals surface area contributed by atoms with E-state index in [0.29, 0.717) is 30.4 Å². The molecule has 0 bridgehead atoms. The number of halogens is 1. The van der Waals surface area contributed by atoms with Crippen molar-refractivity contribution < 1.29 is 14.3 Å². The minimum atomic E-state index is -0.305. The lowest BCUT2D eigenvalue weighted by Gasteiger charge is -2.20. The monoisotopic (exact) mass is 451 g/mol. The zero-order valence-electron chi connectivity index (χ0n) is 17.7. The van der Waals surface area contributed by atoms with Gasteiger partial charge in [0, 0.05) is 36.8 Å². The minimum Gasteiger partial charge on any atom is -0.475 e. The van der Waals surface area contributed by atoms with Crippen molar-refractivity contribution in [2.45, 2.75) is 13.5 Å². The molecular formula is C23H22ClN5O3. The second-order valence-corrected chi connectivity index (χ2v) is 7.89. The summed E-state index contributed by atoms with van der Waals surface area (Å²) in [6.45, 7) is 2.66. The van der Waals surface area contributed by atoms with Gasteiger partial charge in [-0.15, -0.1) is 0 Å². The summed E-state index contributed by atoms with van der Waals surface area (Å²) in [5.74, 6) is -0.0276. The Morgan fingerprint density at radius 2 is 1.97 bits per heavy atom. The topological polar surface area (TPSA) is 102 Å². The summed E-state index contributed by atoms with van der Waals surface area (Å²) in [5.41, 5.74) is 9.49. The first-order chi connectivity index (χ1) is 15.3. The average molecular weight is 452 g/mol. The largest absolute Gasteiger partial charge is 0.475 e. The number of amides is 2. The molecule has 2 amide bonds. The molecule has 2 aromatic carbocycles. The number of fused-ring (bicyclic) bond motifs is 1. The maximum atomic E-state index is 13.1. The van der Waals surface area contributed by atoms with Crippen molar-refractivity contribution in [1.29, 1.82) is 0 Å². The number of aromatic nitrogens is 2. The van der Waals surface area contributed by atoms with Gasteiger partial charge in [-0.2, -0.15) is 0 Å². The van der Waals surface area contributed by atoms with Crippen LogP contribution in [0.15, 0.2) is 48.8 Å². The molecule has 4 rings (SSSR count). The molecule has 0 atom stereocenters. The Hall–Kier alpha value is -3.65. The fourth-order valence-corrected chi connectivity index (χ4v) is 3.82. The van der Waals surface area contributed by atoms with E-state index in [1.165, 1.54) is 13.3 Å². The molecule has 0 radical (unpaired) electrons. The first kappa shape index (κ1) is 21.6. The number of hydrogen-bond acceptors (Lipinski definition) is 6. The Labute approximate surface area is 190 Å². The number of benzene rings is 2. The number of nitrogens with zero attached hydrogens (tertiary/aromatic N) is 4. The molecule has 0 unspecified atom stereocenters. The molecule has 2 heterocycles. The van der Waals surface area contributed by atoms with Crippen LogP contribution in [0.5, 0.6) is 5.88 Å². The average Bonchev–Trinajstić information content (AvgIpc) is 2.93. The predicted molar refractivity (Wildman–Crippen MR) is 123 cm³/mol. The zero-order valence-corrected chi connectivity index (χ0v) is 18.5. The van der Waals surface area contributed by atoms with Crippen LogP contribution in [0.25, 0.3) is 11.1 Å². The quantitative estimate of drug-likeness (QED) is 0.652. The van der Waals surface area contributed by atoms with E-state index in [-0.39, 0.29) is 29.1 Å². The first-order valence-corrected chi connectivity index (χ1v) is 10.4. The van der Waals surface area contributed by atoms with Gasteiger partial charge in [0.05, 0.1) is 6.54 Å². The number of nitrogens with two attached hydrogens (primary N) is 1. The smallest absolute Gasteiger partial charge is 0.267 e. The molecule has 2 N–H and O–H groups in total. The summed E-state index contributed by atoms with van der Waals surface area (Å²) in [6, 6.07) is 13.3. The molecule has 0 saturated heterocycles. The number of ether oxygens (including phenoxy) is 1. The molecule has 0 fully saturated rings. The lowest BCUT2D eigenvalue weighted by atomic mass is 10.0. The highest BCUT2D eigenvalue weighted by atomic mass is 35.5. The zero-order chi connectivity index (χ0) is 22.8. The number of anilines is 2. The van der Waals surface area contributed by atoms with E-state index in [1.54, 1.807) is 16.8 Å². The van der Waals surface area contributed by atoms with E-state index in [0.717, 1.165) is 16.7 Å². The summed E-state index contributed by atoms with van der Waals surface area (Å²) in [7, 11) is 1.75. The van der Waals surface area contributed by atoms with Gasteiger partial charge in [-0.25, -0.2) is 9.97 Å². The highest BCUT2D eigenvalue weighted by molar-refractivity contribution is 6.33. The van der Waals surface area contributed by atoms with Gasteiger partial charge in [0.2, 0.25) is 11.8 Å². The highest BCUT2D eigenvalue weighted by Crippen LogP contribution is 2.32. The maximum absolute atomic E-state index is 13.1. The van der Waals surface area contributed by atoms with Crippen LogP contribution < -0.4 is 15.4 Å². The predicted octanol–water partition coefficient (Wildman–Crippen LogP) is 3.40. The van der Waals surface area contributed by atoms with Gasteiger partial charge in [0.25, 0.3) is 5.91 Å². The summed E-state index contributed by atoms with van der Waals surface area (Å²) in [5, 5.41) is 0.588. The Morgan fingerprint density at radius 1 is 1.22 bits per heavy atom. The van der Waals surface area contributed by atoms with E-state index in [1.807, 2.05) is 42.5 Å². The summed E-state index contributed by atoms with van der Waals surface area (Å²) >= 11 is 6.52. The van der Waals surface area contributed by atoms with Crippen molar-refractivity contribution in [3.05, 3.63) is 64.9 Å². The van der Waals surface area contributed by atoms with Crippen molar-refractivity contribution in [1.82, 2.24) is 14.9 Å². The third-order valence-corrected chi connectivity index (χ3v) is 5.65. The molecule has 164 valence electrons. The van der Waals surface area contributed by atoms with Crippen molar-refractivity contribution in [2.24, 2.45) is 0 Å². The lowest BCUT2D eigenvalue weighted by molar-refractivity contribution is -0.128. The second-order valence-electron chi connectivity index (χ2n) is 7.48. The fourth-order valence-electron chi connectivity index (χ4n) is 3.51. The molecule has 0 aliphatic carbocycles. The van der Waals surface area contributed by atoms with Gasteiger partial charge in [-0.05, 0) is 29.3 Å². The Bertz CT molecular complexity index is 1180. The van der Waals surface area contributed by atoms with Crippen molar-refractivity contribution in [2.75, 3.05) is 30.8 Å². The Kier molecular flexibility index (Phi) is 5.96. The molecule has 3 aromatic rings. The molecule has 0 spiro atoms. The van der Waals surface area contributed by atoms with Crippen LogP contribution >= 0.6 is 11.6 Å². The lowest BCUT2D eigenvalue weighted by Crippen LogP contribution is -2.32. The number of carbonyl (C=O) groups is 2. The Morgan fingerprint density at radius 3 is 2.66 bits per heavy atom. The van der Waals surface area contributed by atoms with E-state index in [4.69, 9.17) is 22.1 Å². The molecule has 0 saturated carbocycles. The van der Waals surface area contributed by atoms with Crippen molar-refractivity contribution >= 4 is 34.9 Å².